The van der Waals surface area contributed by atoms with Crippen LogP contribution < -0.4 is 4.74 Å². The maximum Gasteiger partial charge on any atom is 0.129 e. The summed E-state index contributed by atoms with van der Waals surface area (Å²) in [6, 6.07) is 15.8. The van der Waals surface area contributed by atoms with Crippen molar-refractivity contribution in [2.24, 2.45) is 0 Å². The fraction of sp³-hybridized carbons (Fsp3) is 0.227. The van der Waals surface area contributed by atoms with Gasteiger partial charge in [0.2, 0.25) is 0 Å². The second-order valence-electron chi connectivity index (χ2n) is 6.95. The van der Waals surface area contributed by atoms with Crippen molar-refractivity contribution in [3.8, 4) is 22.8 Å². The fourth-order valence-electron chi connectivity index (χ4n) is 3.49. The largest absolute Gasteiger partial charge is 0.457 e. The summed E-state index contributed by atoms with van der Waals surface area (Å²) in [5.74, 6) is 2.50. The molecule has 6 nitrogen and oxygen atoms in total. The Balaban J connectivity index is 1.28. The van der Waals surface area contributed by atoms with E-state index in [2.05, 4.69) is 21.6 Å². The molecular formula is C22H21N4O2. The van der Waals surface area contributed by atoms with Crippen molar-refractivity contribution in [2.45, 2.75) is 25.4 Å². The van der Waals surface area contributed by atoms with E-state index in [0.717, 1.165) is 65.5 Å². The number of nitrogens with one attached hydrogen (secondary N) is 2. The minimum Gasteiger partial charge on any atom is -0.457 e. The quantitative estimate of drug-likeness (QED) is 0.515. The molecule has 2 N–H and O–H groups in total. The molecule has 28 heavy (non-hydrogen) atoms. The van der Waals surface area contributed by atoms with Crippen molar-refractivity contribution < 1.29 is 9.47 Å². The summed E-state index contributed by atoms with van der Waals surface area (Å²) in [6.07, 6.45) is 7.24. The normalized spacial score (nSPS) is 16.6. The summed E-state index contributed by atoms with van der Waals surface area (Å²) in [5, 5.41) is 6.94. The highest BCUT2D eigenvalue weighted by Gasteiger charge is 2.16. The molecule has 0 spiro atoms. The zero-order valence-electron chi connectivity index (χ0n) is 15.4. The van der Waals surface area contributed by atoms with Crippen LogP contribution in [0.25, 0.3) is 22.3 Å². The number of rotatable bonds is 6. The molecule has 0 unspecified atom stereocenters. The molecule has 141 valence electrons. The summed E-state index contributed by atoms with van der Waals surface area (Å²) in [6.45, 7) is 0.866. The third kappa shape index (κ3) is 3.64. The molecule has 1 saturated heterocycles. The lowest BCUT2D eigenvalue weighted by Gasteiger charge is -2.06. The minimum absolute atomic E-state index is 0.261. The van der Waals surface area contributed by atoms with Gasteiger partial charge in [-0.1, -0.05) is 0 Å². The van der Waals surface area contributed by atoms with Crippen molar-refractivity contribution in [2.75, 3.05) is 6.61 Å². The first-order valence-corrected chi connectivity index (χ1v) is 9.55. The predicted molar refractivity (Wildman–Crippen MR) is 107 cm³/mol. The Morgan fingerprint density at radius 3 is 2.79 bits per heavy atom. The number of H-pyrrole nitrogens is 2. The second-order valence-corrected chi connectivity index (χ2v) is 6.95. The van der Waals surface area contributed by atoms with Crippen LogP contribution in [0.15, 0.2) is 54.7 Å². The minimum atomic E-state index is 0.261. The fourth-order valence-corrected chi connectivity index (χ4v) is 3.49. The summed E-state index contributed by atoms with van der Waals surface area (Å²) >= 11 is 0. The van der Waals surface area contributed by atoms with E-state index in [1.165, 1.54) is 0 Å². The highest BCUT2D eigenvalue weighted by molar-refractivity contribution is 5.77. The van der Waals surface area contributed by atoms with E-state index in [1.54, 1.807) is 6.20 Å². The average Bonchev–Trinajstić information content (AvgIpc) is 3.47. The Bertz CT molecular complexity index is 1050. The molecule has 1 fully saturated rings. The highest BCUT2D eigenvalue weighted by Crippen LogP contribution is 2.27. The summed E-state index contributed by atoms with van der Waals surface area (Å²) in [7, 11) is 0. The molecule has 1 aliphatic heterocycles. The van der Waals surface area contributed by atoms with Crippen molar-refractivity contribution >= 4 is 11.0 Å². The number of ether oxygens (including phenoxy) is 2. The molecule has 4 aromatic rings. The number of nitrogens with zero attached hydrogens (tertiary/aromatic N) is 2. The first kappa shape index (κ1) is 17.0. The maximum absolute atomic E-state index is 6.00. The van der Waals surface area contributed by atoms with Gasteiger partial charge in [0.05, 0.1) is 22.8 Å². The summed E-state index contributed by atoms with van der Waals surface area (Å²) < 4.78 is 11.6. The van der Waals surface area contributed by atoms with Crippen LogP contribution in [0.3, 0.4) is 0 Å². The third-order valence-corrected chi connectivity index (χ3v) is 4.94. The Hall–Kier alpha value is -3.12. The van der Waals surface area contributed by atoms with Gasteiger partial charge in [0.25, 0.3) is 0 Å². The van der Waals surface area contributed by atoms with Gasteiger partial charge in [0.1, 0.15) is 17.3 Å². The molecular weight excluding hydrogens is 352 g/mol. The lowest BCUT2D eigenvalue weighted by Crippen LogP contribution is -2.07. The molecule has 1 aliphatic rings. The molecule has 2 aromatic carbocycles. The molecule has 1 atom stereocenters. The molecule has 0 saturated carbocycles. The van der Waals surface area contributed by atoms with Gasteiger partial charge in [-0.25, -0.2) is 4.98 Å². The lowest BCUT2D eigenvalue weighted by molar-refractivity contribution is 0.132. The summed E-state index contributed by atoms with van der Waals surface area (Å²) in [4.78, 5) is 8.06. The molecule has 5 rings (SSSR count). The SMILES string of the molecule is [CH](Cc1nc2cc(Oc3ccc(-c4ccn[nH]4)cc3)ccc2[nH]1)[C@@H]1CCCO1. The van der Waals surface area contributed by atoms with E-state index in [0.29, 0.717) is 0 Å². The highest BCUT2D eigenvalue weighted by atomic mass is 16.5. The third-order valence-electron chi connectivity index (χ3n) is 4.94. The topological polar surface area (TPSA) is 75.8 Å². The Morgan fingerprint density at radius 2 is 2.00 bits per heavy atom. The average molecular weight is 373 g/mol. The number of hydrogen-bond acceptors (Lipinski definition) is 4. The lowest BCUT2D eigenvalue weighted by atomic mass is 10.1. The van der Waals surface area contributed by atoms with Crippen LogP contribution in [0.2, 0.25) is 0 Å². The standard InChI is InChI=1S/C22H21N4O2/c1-2-16(27-13-1)8-10-22-24-20-9-7-18(14-21(20)25-22)28-17-5-3-15(4-6-17)19-11-12-23-26-19/h3-9,11-12,14,16H,1-2,10,13H2,(H,23,26)(H,24,25)/t16-/m0/s1. The van der Waals surface area contributed by atoms with E-state index in [1.807, 2.05) is 48.5 Å². The van der Waals surface area contributed by atoms with E-state index >= 15 is 0 Å². The van der Waals surface area contributed by atoms with Crippen LogP contribution in [0.1, 0.15) is 18.7 Å². The van der Waals surface area contributed by atoms with Gasteiger partial charge in [-0.2, -0.15) is 5.10 Å². The second kappa shape index (κ2) is 7.48. The number of hydrogen-bond donors (Lipinski definition) is 2. The van der Waals surface area contributed by atoms with Gasteiger partial charge >= 0.3 is 0 Å². The van der Waals surface area contributed by atoms with E-state index in [4.69, 9.17) is 14.5 Å². The number of fused-ring (bicyclic) bond motifs is 1. The van der Waals surface area contributed by atoms with Crippen LogP contribution >= 0.6 is 0 Å². The maximum atomic E-state index is 6.00. The Morgan fingerprint density at radius 1 is 1.11 bits per heavy atom. The van der Waals surface area contributed by atoms with Crippen molar-refractivity contribution in [3.05, 3.63) is 67.0 Å². The molecule has 3 heterocycles. The monoisotopic (exact) mass is 373 g/mol. The smallest absolute Gasteiger partial charge is 0.129 e. The number of benzene rings is 2. The van der Waals surface area contributed by atoms with Crippen LogP contribution in [0, 0.1) is 6.42 Å². The van der Waals surface area contributed by atoms with E-state index in [-0.39, 0.29) is 6.10 Å². The van der Waals surface area contributed by atoms with Gasteiger partial charge in [-0.3, -0.25) is 5.10 Å². The molecule has 1 radical (unpaired) electrons. The van der Waals surface area contributed by atoms with Crippen molar-refractivity contribution in [1.29, 1.82) is 0 Å². The zero-order valence-corrected chi connectivity index (χ0v) is 15.4. The number of imidazole rings is 1. The Labute approximate surface area is 162 Å². The number of aromatic amines is 2. The zero-order chi connectivity index (χ0) is 18.8. The van der Waals surface area contributed by atoms with Crippen LogP contribution in [-0.2, 0) is 11.2 Å². The van der Waals surface area contributed by atoms with Crippen LogP contribution in [0.4, 0.5) is 0 Å². The predicted octanol–water partition coefficient (Wildman–Crippen LogP) is 4.67. The van der Waals surface area contributed by atoms with E-state index in [9.17, 15) is 0 Å². The first-order valence-electron chi connectivity index (χ1n) is 9.55. The van der Waals surface area contributed by atoms with Crippen LogP contribution in [-0.4, -0.2) is 32.9 Å². The van der Waals surface area contributed by atoms with Crippen molar-refractivity contribution in [3.63, 3.8) is 0 Å². The van der Waals surface area contributed by atoms with Crippen LogP contribution in [0.5, 0.6) is 11.5 Å². The van der Waals surface area contributed by atoms with Gasteiger partial charge in [-0.05, 0) is 67.3 Å². The Kier molecular flexibility index (Phi) is 4.54. The molecule has 0 aliphatic carbocycles. The molecule has 0 bridgehead atoms. The van der Waals surface area contributed by atoms with E-state index < -0.39 is 0 Å². The molecule has 6 heteroatoms. The molecule has 2 aromatic heterocycles. The molecule has 0 amide bonds. The number of aromatic nitrogens is 4. The first-order chi connectivity index (χ1) is 13.8. The van der Waals surface area contributed by atoms with Gasteiger partial charge < -0.3 is 14.5 Å². The van der Waals surface area contributed by atoms with Crippen molar-refractivity contribution in [1.82, 2.24) is 20.2 Å². The van der Waals surface area contributed by atoms with Gasteiger partial charge in [0, 0.05) is 25.3 Å². The van der Waals surface area contributed by atoms with Gasteiger partial charge in [-0.15, -0.1) is 0 Å². The summed E-state index contributed by atoms with van der Waals surface area (Å²) in [5.41, 5.74) is 3.97. The van der Waals surface area contributed by atoms with Gasteiger partial charge in [0.15, 0.2) is 0 Å².